The van der Waals surface area contributed by atoms with E-state index in [1.54, 1.807) is 0 Å². The quantitative estimate of drug-likeness (QED) is 0.448. The van der Waals surface area contributed by atoms with E-state index in [0.29, 0.717) is 0 Å². The summed E-state index contributed by atoms with van der Waals surface area (Å²) in [7, 11) is 0. The Labute approximate surface area is 39.7 Å². The van der Waals surface area contributed by atoms with Gasteiger partial charge in [0.15, 0.2) is 0 Å². The molecular formula is C5H9N. The minimum absolute atomic E-state index is 0. The summed E-state index contributed by atoms with van der Waals surface area (Å²) in [6, 6.07) is 0. The van der Waals surface area contributed by atoms with E-state index in [1.807, 2.05) is 0 Å². The fourth-order valence-corrected chi connectivity index (χ4v) is 0.625. The van der Waals surface area contributed by atoms with Crippen LogP contribution in [0, 0.1) is 7.43 Å². The van der Waals surface area contributed by atoms with Crippen LogP contribution in [0.5, 0.6) is 0 Å². The van der Waals surface area contributed by atoms with Crippen molar-refractivity contribution in [3.8, 4) is 0 Å². The van der Waals surface area contributed by atoms with E-state index in [2.05, 4.69) is 5.32 Å². The van der Waals surface area contributed by atoms with Gasteiger partial charge in [-0.25, -0.2) is 0 Å². The van der Waals surface area contributed by atoms with Gasteiger partial charge < -0.3 is 5.32 Å². The van der Waals surface area contributed by atoms with Crippen LogP contribution in [-0.2, 0) is 0 Å². The molecule has 34 valence electrons. The molecule has 0 aromatic carbocycles. The second-order valence-electron chi connectivity index (χ2n) is 1.46. The molecule has 0 spiro atoms. The summed E-state index contributed by atoms with van der Waals surface area (Å²) in [6.07, 6.45) is 2.78. The molecule has 1 fully saturated rings. The van der Waals surface area contributed by atoms with Crippen LogP contribution in [0.4, 0.5) is 0 Å². The Morgan fingerprint density at radius 2 is 1.50 bits per heavy atom. The van der Waals surface area contributed by atoms with Gasteiger partial charge in [0, 0.05) is 7.43 Å². The SMILES string of the molecule is C1CCNC1.[C]. The zero-order valence-corrected chi connectivity index (χ0v) is 3.83. The molecule has 0 bridgehead atoms. The van der Waals surface area contributed by atoms with Crippen molar-refractivity contribution in [1.29, 1.82) is 0 Å². The third-order valence-electron chi connectivity index (χ3n) is 0.957. The first kappa shape index (κ1) is 5.96. The lowest BCUT2D eigenvalue weighted by Crippen LogP contribution is -2.03. The maximum atomic E-state index is 3.22. The van der Waals surface area contributed by atoms with Gasteiger partial charge in [0.05, 0.1) is 0 Å². The fraction of sp³-hybridized carbons (Fsp3) is 0.800. The molecule has 1 aliphatic rings. The van der Waals surface area contributed by atoms with Gasteiger partial charge in [-0.1, -0.05) is 0 Å². The van der Waals surface area contributed by atoms with Crippen LogP contribution in [0.3, 0.4) is 0 Å². The van der Waals surface area contributed by atoms with Gasteiger partial charge in [-0.2, -0.15) is 0 Å². The molecular weight excluding hydrogens is 74.1 g/mol. The first-order chi connectivity index (χ1) is 2.50. The second-order valence-corrected chi connectivity index (χ2v) is 1.46. The lowest BCUT2D eigenvalue weighted by molar-refractivity contribution is 0.857. The van der Waals surface area contributed by atoms with E-state index in [4.69, 9.17) is 0 Å². The van der Waals surface area contributed by atoms with Crippen molar-refractivity contribution in [2.24, 2.45) is 0 Å². The molecule has 1 saturated heterocycles. The van der Waals surface area contributed by atoms with Crippen molar-refractivity contribution in [1.82, 2.24) is 5.32 Å². The summed E-state index contributed by atoms with van der Waals surface area (Å²) < 4.78 is 0. The number of hydrogen-bond donors (Lipinski definition) is 1. The smallest absolute Gasteiger partial charge is 0 e. The Morgan fingerprint density at radius 1 is 1.00 bits per heavy atom. The summed E-state index contributed by atoms with van der Waals surface area (Å²) >= 11 is 0. The third-order valence-corrected chi connectivity index (χ3v) is 0.957. The van der Waals surface area contributed by atoms with Gasteiger partial charge in [0.25, 0.3) is 0 Å². The van der Waals surface area contributed by atoms with Crippen molar-refractivity contribution in [2.75, 3.05) is 13.1 Å². The summed E-state index contributed by atoms with van der Waals surface area (Å²) in [5, 5.41) is 3.22. The molecule has 0 aliphatic carbocycles. The van der Waals surface area contributed by atoms with Gasteiger partial charge in [-0.3, -0.25) is 0 Å². The van der Waals surface area contributed by atoms with Crippen molar-refractivity contribution < 1.29 is 0 Å². The number of nitrogens with one attached hydrogen (secondary N) is 1. The van der Waals surface area contributed by atoms with E-state index in [9.17, 15) is 0 Å². The fourth-order valence-electron chi connectivity index (χ4n) is 0.625. The highest BCUT2D eigenvalue weighted by Crippen LogP contribution is 1.90. The zero-order valence-electron chi connectivity index (χ0n) is 3.83. The largest absolute Gasteiger partial charge is 0.317 e. The first-order valence-corrected chi connectivity index (χ1v) is 2.21. The Hall–Kier alpha value is -0.0400. The van der Waals surface area contributed by atoms with Crippen molar-refractivity contribution in [3.63, 3.8) is 0 Å². The van der Waals surface area contributed by atoms with E-state index < -0.39 is 0 Å². The van der Waals surface area contributed by atoms with Gasteiger partial charge >= 0.3 is 0 Å². The van der Waals surface area contributed by atoms with E-state index in [0.717, 1.165) is 0 Å². The van der Waals surface area contributed by atoms with Crippen LogP contribution in [0.2, 0.25) is 0 Å². The highest BCUT2D eigenvalue weighted by Gasteiger charge is 1.93. The molecule has 0 saturated carbocycles. The molecule has 1 heteroatoms. The molecule has 1 aliphatic heterocycles. The van der Waals surface area contributed by atoms with Crippen LogP contribution in [-0.4, -0.2) is 13.1 Å². The van der Waals surface area contributed by atoms with Crippen molar-refractivity contribution in [3.05, 3.63) is 7.43 Å². The number of rotatable bonds is 0. The molecule has 0 aromatic rings. The van der Waals surface area contributed by atoms with Crippen molar-refractivity contribution in [2.45, 2.75) is 12.8 Å². The third kappa shape index (κ3) is 1.41. The van der Waals surface area contributed by atoms with E-state index >= 15 is 0 Å². The van der Waals surface area contributed by atoms with Crippen LogP contribution in [0.25, 0.3) is 0 Å². The summed E-state index contributed by atoms with van der Waals surface area (Å²) in [5.74, 6) is 0. The van der Waals surface area contributed by atoms with Crippen molar-refractivity contribution >= 4 is 0 Å². The van der Waals surface area contributed by atoms with Crippen LogP contribution in [0.15, 0.2) is 0 Å². The predicted octanol–water partition coefficient (Wildman–Crippen LogP) is 0.451. The van der Waals surface area contributed by atoms with Crippen LogP contribution >= 0.6 is 0 Å². The molecule has 1 N–H and O–H groups in total. The van der Waals surface area contributed by atoms with E-state index in [1.165, 1.54) is 25.9 Å². The molecule has 0 unspecified atom stereocenters. The standard InChI is InChI=1S/C4H9N.C/c1-2-4-5-3-1;/h5H,1-4H2;. The lowest BCUT2D eigenvalue weighted by atomic mass is 10.4. The van der Waals surface area contributed by atoms with Gasteiger partial charge in [0.1, 0.15) is 0 Å². The summed E-state index contributed by atoms with van der Waals surface area (Å²) in [4.78, 5) is 0. The maximum absolute atomic E-state index is 3.22. The topological polar surface area (TPSA) is 12.0 Å². The monoisotopic (exact) mass is 83.1 g/mol. The van der Waals surface area contributed by atoms with Gasteiger partial charge in [0.2, 0.25) is 0 Å². The average Bonchev–Trinajstić information content (AvgIpc) is 1.76. The molecule has 4 radical (unpaired) electrons. The molecule has 1 heterocycles. The minimum Gasteiger partial charge on any atom is -0.317 e. The average molecular weight is 83.1 g/mol. The Bertz CT molecular complexity index is 15.5. The molecule has 0 amide bonds. The van der Waals surface area contributed by atoms with E-state index in [-0.39, 0.29) is 7.43 Å². The van der Waals surface area contributed by atoms with Crippen LogP contribution in [0.1, 0.15) is 12.8 Å². The lowest BCUT2D eigenvalue weighted by Gasteiger charge is -1.76. The Kier molecular flexibility index (Phi) is 3.14. The second kappa shape index (κ2) is 3.16. The van der Waals surface area contributed by atoms with Crippen LogP contribution < -0.4 is 5.32 Å². The number of hydrogen-bond acceptors (Lipinski definition) is 1. The predicted molar refractivity (Wildman–Crippen MR) is 25.3 cm³/mol. The molecule has 1 nitrogen and oxygen atoms in total. The molecule has 6 heavy (non-hydrogen) atoms. The highest BCUT2D eigenvalue weighted by molar-refractivity contribution is 4.55. The summed E-state index contributed by atoms with van der Waals surface area (Å²) in [5.41, 5.74) is 0. The molecule has 0 aromatic heterocycles. The Balaban J connectivity index is 0.000000250. The first-order valence-electron chi connectivity index (χ1n) is 2.21. The maximum Gasteiger partial charge on any atom is 0 e. The molecule has 1 rings (SSSR count). The normalized spacial score (nSPS) is 20.0. The van der Waals surface area contributed by atoms with Gasteiger partial charge in [-0.05, 0) is 25.9 Å². The Morgan fingerprint density at radius 3 is 1.67 bits per heavy atom. The highest BCUT2D eigenvalue weighted by atomic mass is 14.9. The summed E-state index contributed by atoms with van der Waals surface area (Å²) in [6.45, 7) is 2.50. The zero-order chi connectivity index (χ0) is 3.54. The minimum atomic E-state index is 0. The van der Waals surface area contributed by atoms with Gasteiger partial charge in [-0.15, -0.1) is 0 Å². The molecule has 0 atom stereocenters.